The second-order valence-electron chi connectivity index (χ2n) is 6.32. The van der Waals surface area contributed by atoms with Gasteiger partial charge >= 0.3 is 5.97 Å². The smallest absolute Gasteiger partial charge is 0.307 e. The van der Waals surface area contributed by atoms with Crippen LogP contribution in [0.25, 0.3) is 10.9 Å². The van der Waals surface area contributed by atoms with Crippen molar-refractivity contribution in [1.29, 1.82) is 0 Å². The predicted molar refractivity (Wildman–Crippen MR) is 95.2 cm³/mol. The number of nitrogens with zero attached hydrogens (tertiary/aromatic N) is 1. The molecule has 0 saturated heterocycles. The maximum atomic E-state index is 12.4. The molecule has 6 heteroatoms. The molecular weight excluding hydrogens is 332 g/mol. The van der Waals surface area contributed by atoms with Crippen molar-refractivity contribution in [3.8, 4) is 0 Å². The summed E-state index contributed by atoms with van der Waals surface area (Å²) in [5.74, 6) is -1.42. The van der Waals surface area contributed by atoms with Gasteiger partial charge in [-0.25, -0.2) is 0 Å². The zero-order valence-corrected chi connectivity index (χ0v) is 13.9. The molecule has 0 unspecified atom stereocenters. The number of H-pyrrole nitrogens is 1. The van der Waals surface area contributed by atoms with Gasteiger partial charge in [-0.2, -0.15) is 0 Å². The molecule has 2 heterocycles. The van der Waals surface area contributed by atoms with Gasteiger partial charge in [0.1, 0.15) is 0 Å². The summed E-state index contributed by atoms with van der Waals surface area (Å²) in [6, 6.07) is 12.3. The normalized spacial score (nSPS) is 13.5. The monoisotopic (exact) mass is 348 g/mol. The number of carbonyl (C=O) groups excluding carboxylic acids is 2. The summed E-state index contributed by atoms with van der Waals surface area (Å²) in [5, 5.41) is 9.88. The topological polar surface area (TPSA) is 90.5 Å². The Hall–Kier alpha value is -3.41. The van der Waals surface area contributed by atoms with Crippen LogP contribution in [-0.4, -0.2) is 39.3 Å². The Morgan fingerprint density at radius 3 is 2.38 bits per heavy atom. The molecule has 26 heavy (non-hydrogen) atoms. The van der Waals surface area contributed by atoms with Crippen molar-refractivity contribution in [3.63, 3.8) is 0 Å². The third-order valence-electron chi connectivity index (χ3n) is 4.67. The molecule has 0 fully saturated rings. The second-order valence-corrected chi connectivity index (χ2v) is 6.32. The SMILES string of the molecule is O=C(O)Cc1ccc2[nH]cc(CCN3C(=O)c4ccccc4C3=O)c2c1. The molecule has 0 atom stereocenters. The predicted octanol–water partition coefficient (Wildman–Crippen LogP) is 2.63. The van der Waals surface area contributed by atoms with Gasteiger partial charge in [0.2, 0.25) is 0 Å². The number of aromatic amines is 1. The van der Waals surface area contributed by atoms with E-state index < -0.39 is 5.97 Å². The number of hydrogen-bond donors (Lipinski definition) is 2. The number of fused-ring (bicyclic) bond motifs is 2. The third kappa shape index (κ3) is 2.65. The molecule has 2 aromatic carbocycles. The fourth-order valence-corrected chi connectivity index (χ4v) is 3.39. The molecule has 4 rings (SSSR count). The van der Waals surface area contributed by atoms with E-state index in [-0.39, 0.29) is 24.8 Å². The summed E-state index contributed by atoms with van der Waals surface area (Å²) in [4.78, 5) is 40.2. The lowest BCUT2D eigenvalue weighted by Gasteiger charge is -2.13. The first kappa shape index (κ1) is 16.1. The summed E-state index contributed by atoms with van der Waals surface area (Å²) in [7, 11) is 0. The van der Waals surface area contributed by atoms with E-state index in [1.165, 1.54) is 4.90 Å². The zero-order chi connectivity index (χ0) is 18.3. The lowest BCUT2D eigenvalue weighted by atomic mass is 10.1. The van der Waals surface area contributed by atoms with Crippen LogP contribution in [0.15, 0.2) is 48.7 Å². The molecule has 0 bridgehead atoms. The molecule has 1 aliphatic heterocycles. The highest BCUT2D eigenvalue weighted by atomic mass is 16.4. The summed E-state index contributed by atoms with van der Waals surface area (Å²) < 4.78 is 0. The second kappa shape index (κ2) is 6.15. The molecule has 2 amide bonds. The molecule has 3 aromatic rings. The zero-order valence-electron chi connectivity index (χ0n) is 13.9. The molecule has 0 radical (unpaired) electrons. The quantitative estimate of drug-likeness (QED) is 0.694. The van der Waals surface area contributed by atoms with Crippen LogP contribution >= 0.6 is 0 Å². The van der Waals surface area contributed by atoms with Gasteiger partial charge in [0, 0.05) is 23.6 Å². The van der Waals surface area contributed by atoms with E-state index in [0.29, 0.717) is 23.1 Å². The maximum absolute atomic E-state index is 12.4. The van der Waals surface area contributed by atoms with Gasteiger partial charge in [-0.15, -0.1) is 0 Å². The minimum atomic E-state index is -0.882. The van der Waals surface area contributed by atoms with Crippen molar-refractivity contribution in [3.05, 3.63) is 70.9 Å². The molecule has 0 spiro atoms. The minimum absolute atomic E-state index is 0.0427. The van der Waals surface area contributed by atoms with Crippen LogP contribution in [0, 0.1) is 0 Å². The summed E-state index contributed by atoms with van der Waals surface area (Å²) in [5.41, 5.74) is 3.45. The number of aromatic nitrogens is 1. The number of carboxylic acid groups (broad SMARTS) is 1. The summed E-state index contributed by atoms with van der Waals surface area (Å²) in [6.45, 7) is 0.280. The molecule has 130 valence electrons. The molecule has 1 aliphatic rings. The van der Waals surface area contributed by atoms with Crippen molar-refractivity contribution in [2.45, 2.75) is 12.8 Å². The average Bonchev–Trinajstić information content (AvgIpc) is 3.13. The van der Waals surface area contributed by atoms with E-state index in [1.54, 1.807) is 30.3 Å². The number of aliphatic carboxylic acids is 1. The van der Waals surface area contributed by atoms with Crippen LogP contribution in [0.1, 0.15) is 31.8 Å². The average molecular weight is 348 g/mol. The Kier molecular flexibility index (Phi) is 3.80. The van der Waals surface area contributed by atoms with Gasteiger partial charge in [0.25, 0.3) is 11.8 Å². The molecule has 0 aliphatic carbocycles. The number of imide groups is 1. The van der Waals surface area contributed by atoms with E-state index in [2.05, 4.69) is 4.98 Å². The Morgan fingerprint density at radius 1 is 1.04 bits per heavy atom. The number of carboxylic acids is 1. The van der Waals surface area contributed by atoms with Crippen LogP contribution in [0.4, 0.5) is 0 Å². The van der Waals surface area contributed by atoms with E-state index >= 15 is 0 Å². The van der Waals surface area contributed by atoms with Crippen LogP contribution < -0.4 is 0 Å². The fraction of sp³-hybridized carbons (Fsp3) is 0.150. The first-order valence-electron chi connectivity index (χ1n) is 8.30. The van der Waals surface area contributed by atoms with Gasteiger partial charge in [0.05, 0.1) is 17.5 Å². The molecule has 2 N–H and O–H groups in total. The first-order chi connectivity index (χ1) is 12.5. The number of benzene rings is 2. The van der Waals surface area contributed by atoms with E-state index in [1.807, 2.05) is 18.3 Å². The van der Waals surface area contributed by atoms with Crippen LogP contribution in [0.2, 0.25) is 0 Å². The minimum Gasteiger partial charge on any atom is -0.481 e. The molecule has 6 nitrogen and oxygen atoms in total. The third-order valence-corrected chi connectivity index (χ3v) is 4.67. The largest absolute Gasteiger partial charge is 0.481 e. The number of carbonyl (C=O) groups is 3. The highest BCUT2D eigenvalue weighted by Gasteiger charge is 2.34. The number of nitrogens with one attached hydrogen (secondary N) is 1. The standard InChI is InChI=1S/C20H16N2O4/c23-18(24)10-12-5-6-17-16(9-12)13(11-21-17)7-8-22-19(25)14-3-1-2-4-15(14)20(22)26/h1-6,9,11,21H,7-8,10H2,(H,23,24). The lowest BCUT2D eigenvalue weighted by molar-refractivity contribution is -0.136. The van der Waals surface area contributed by atoms with Gasteiger partial charge in [0.15, 0.2) is 0 Å². The van der Waals surface area contributed by atoms with Gasteiger partial charge < -0.3 is 10.1 Å². The number of amides is 2. The van der Waals surface area contributed by atoms with Gasteiger partial charge in [-0.05, 0) is 41.8 Å². The lowest BCUT2D eigenvalue weighted by Crippen LogP contribution is -2.31. The number of rotatable bonds is 5. The van der Waals surface area contributed by atoms with Crippen molar-refractivity contribution >= 4 is 28.7 Å². The Balaban J connectivity index is 1.56. The Morgan fingerprint density at radius 2 is 1.73 bits per heavy atom. The summed E-state index contributed by atoms with van der Waals surface area (Å²) in [6.07, 6.45) is 2.30. The van der Waals surface area contributed by atoms with Gasteiger partial charge in [-0.3, -0.25) is 19.3 Å². The van der Waals surface area contributed by atoms with E-state index in [9.17, 15) is 14.4 Å². The highest BCUT2D eigenvalue weighted by Crippen LogP contribution is 2.25. The van der Waals surface area contributed by atoms with Crippen molar-refractivity contribution < 1.29 is 19.5 Å². The Labute approximate surface area is 149 Å². The van der Waals surface area contributed by atoms with E-state index in [0.717, 1.165) is 16.5 Å². The van der Waals surface area contributed by atoms with Gasteiger partial charge in [-0.1, -0.05) is 18.2 Å². The summed E-state index contributed by atoms with van der Waals surface area (Å²) >= 11 is 0. The van der Waals surface area contributed by atoms with E-state index in [4.69, 9.17) is 5.11 Å². The fourth-order valence-electron chi connectivity index (χ4n) is 3.39. The Bertz CT molecular complexity index is 1020. The first-order valence-corrected chi connectivity index (χ1v) is 8.30. The highest BCUT2D eigenvalue weighted by molar-refractivity contribution is 6.21. The van der Waals surface area contributed by atoms with Crippen molar-refractivity contribution in [1.82, 2.24) is 9.88 Å². The van der Waals surface area contributed by atoms with Crippen molar-refractivity contribution in [2.75, 3.05) is 6.54 Å². The number of hydrogen-bond acceptors (Lipinski definition) is 3. The molecule has 0 saturated carbocycles. The maximum Gasteiger partial charge on any atom is 0.307 e. The van der Waals surface area contributed by atoms with Crippen molar-refractivity contribution in [2.24, 2.45) is 0 Å². The van der Waals surface area contributed by atoms with Crippen LogP contribution in [0.5, 0.6) is 0 Å². The molecule has 1 aromatic heterocycles. The van der Waals surface area contributed by atoms with Crippen LogP contribution in [0.3, 0.4) is 0 Å². The van der Waals surface area contributed by atoms with Crippen LogP contribution in [-0.2, 0) is 17.6 Å². The molecular formula is C20H16N2O4.